The highest BCUT2D eigenvalue weighted by Gasteiger charge is 2.39. The van der Waals surface area contributed by atoms with Crippen LogP contribution in [-0.4, -0.2) is 56.1 Å². The third-order valence-electron chi connectivity index (χ3n) is 9.33. The van der Waals surface area contributed by atoms with Gasteiger partial charge in [-0.05, 0) is 33.4 Å². The van der Waals surface area contributed by atoms with E-state index >= 15 is 0 Å². The minimum absolute atomic E-state index is 0.00709. The van der Waals surface area contributed by atoms with Crippen LogP contribution in [0, 0.1) is 0 Å². The maximum Gasteiger partial charge on any atom is 0.237 e. The van der Waals surface area contributed by atoms with Crippen molar-refractivity contribution in [1.29, 1.82) is 0 Å². The molecular formula is C46H45N3O4. The molecule has 0 spiro atoms. The van der Waals surface area contributed by atoms with Crippen molar-refractivity contribution in [1.82, 2.24) is 10.2 Å². The number of carbonyl (C=O) groups is 2. The molecule has 0 bridgehead atoms. The summed E-state index contributed by atoms with van der Waals surface area (Å²) >= 11 is 0. The Kier molecular flexibility index (Phi) is 12.6. The van der Waals surface area contributed by atoms with Crippen molar-refractivity contribution in [2.45, 2.75) is 11.2 Å². The van der Waals surface area contributed by atoms with E-state index in [9.17, 15) is 9.59 Å². The SMILES string of the molecule is NC(=O)CN(CCOC(c1ccccc1)(c1ccccc1)c1ccccc1)C(=O)CNCCOC(c1ccccc1)(c1ccccc1)c1ccccc1. The number of rotatable bonds is 18. The van der Waals surface area contributed by atoms with Gasteiger partial charge in [-0.15, -0.1) is 0 Å². The molecule has 0 unspecified atom stereocenters. The lowest BCUT2D eigenvalue weighted by atomic mass is 9.80. The van der Waals surface area contributed by atoms with Gasteiger partial charge in [0.1, 0.15) is 11.2 Å². The summed E-state index contributed by atoms with van der Waals surface area (Å²) in [5.41, 5.74) is 9.66. The molecule has 2 amide bonds. The van der Waals surface area contributed by atoms with Gasteiger partial charge in [-0.25, -0.2) is 0 Å². The Hall–Kier alpha value is -5.86. The zero-order valence-electron chi connectivity index (χ0n) is 29.7. The lowest BCUT2D eigenvalue weighted by Gasteiger charge is -2.36. The van der Waals surface area contributed by atoms with Crippen LogP contribution < -0.4 is 11.1 Å². The number of hydrogen-bond donors (Lipinski definition) is 2. The number of carbonyl (C=O) groups excluding carboxylic acids is 2. The van der Waals surface area contributed by atoms with Crippen molar-refractivity contribution < 1.29 is 19.1 Å². The lowest BCUT2D eigenvalue weighted by Crippen LogP contribution is -2.46. The molecule has 0 fully saturated rings. The fourth-order valence-corrected chi connectivity index (χ4v) is 6.91. The summed E-state index contributed by atoms with van der Waals surface area (Å²) in [5, 5.41) is 3.24. The predicted molar refractivity (Wildman–Crippen MR) is 209 cm³/mol. The molecule has 6 aromatic carbocycles. The smallest absolute Gasteiger partial charge is 0.237 e. The van der Waals surface area contributed by atoms with Gasteiger partial charge in [0, 0.05) is 13.1 Å². The molecule has 0 saturated carbocycles. The minimum atomic E-state index is -0.955. The van der Waals surface area contributed by atoms with Gasteiger partial charge in [-0.3, -0.25) is 9.59 Å². The average Bonchev–Trinajstić information content (AvgIpc) is 3.22. The maximum atomic E-state index is 13.6. The first kappa shape index (κ1) is 36.9. The minimum Gasteiger partial charge on any atom is -0.368 e. The van der Waals surface area contributed by atoms with Gasteiger partial charge in [-0.1, -0.05) is 182 Å². The first-order chi connectivity index (χ1) is 26.0. The quantitative estimate of drug-likeness (QED) is 0.0750. The fourth-order valence-electron chi connectivity index (χ4n) is 6.91. The molecule has 3 N–H and O–H groups in total. The number of ether oxygens (including phenoxy) is 2. The van der Waals surface area contributed by atoms with Crippen LogP contribution in [0.4, 0.5) is 0 Å². The van der Waals surface area contributed by atoms with Crippen molar-refractivity contribution in [2.75, 3.05) is 39.4 Å². The van der Waals surface area contributed by atoms with Crippen molar-refractivity contribution >= 4 is 11.8 Å². The van der Waals surface area contributed by atoms with Gasteiger partial charge in [0.2, 0.25) is 11.8 Å². The van der Waals surface area contributed by atoms with Crippen LogP contribution in [0.3, 0.4) is 0 Å². The van der Waals surface area contributed by atoms with Crippen LogP contribution in [0.2, 0.25) is 0 Å². The molecule has 0 radical (unpaired) electrons. The Labute approximate surface area is 312 Å². The number of benzene rings is 6. The van der Waals surface area contributed by atoms with E-state index in [1.165, 1.54) is 4.90 Å². The molecule has 0 aliphatic heterocycles. The molecule has 0 heterocycles. The first-order valence-electron chi connectivity index (χ1n) is 17.9. The van der Waals surface area contributed by atoms with E-state index < -0.39 is 17.1 Å². The first-order valence-corrected chi connectivity index (χ1v) is 17.9. The molecule has 6 rings (SSSR count). The van der Waals surface area contributed by atoms with Gasteiger partial charge in [0.15, 0.2) is 0 Å². The van der Waals surface area contributed by atoms with E-state index in [0.717, 1.165) is 33.4 Å². The second-order valence-corrected chi connectivity index (χ2v) is 12.7. The van der Waals surface area contributed by atoms with Gasteiger partial charge < -0.3 is 25.4 Å². The summed E-state index contributed by atoms with van der Waals surface area (Å²) in [7, 11) is 0. The van der Waals surface area contributed by atoms with Gasteiger partial charge >= 0.3 is 0 Å². The van der Waals surface area contributed by atoms with E-state index in [-0.39, 0.29) is 32.1 Å². The molecule has 7 heteroatoms. The Balaban J connectivity index is 1.16. The normalized spacial score (nSPS) is 11.5. The van der Waals surface area contributed by atoms with Gasteiger partial charge in [0.25, 0.3) is 0 Å². The molecule has 0 aromatic heterocycles. The molecule has 53 heavy (non-hydrogen) atoms. The van der Waals surface area contributed by atoms with E-state index in [0.29, 0.717) is 13.2 Å². The molecule has 0 aliphatic carbocycles. The predicted octanol–water partition coefficient (Wildman–Crippen LogP) is 6.91. The van der Waals surface area contributed by atoms with Crippen LogP contribution in [0.25, 0.3) is 0 Å². The Bertz CT molecular complexity index is 1800. The van der Waals surface area contributed by atoms with Crippen LogP contribution in [0.1, 0.15) is 33.4 Å². The van der Waals surface area contributed by atoms with Crippen LogP contribution in [-0.2, 0) is 30.3 Å². The largest absolute Gasteiger partial charge is 0.368 e. The second-order valence-electron chi connectivity index (χ2n) is 12.7. The highest BCUT2D eigenvalue weighted by molar-refractivity contribution is 5.84. The summed E-state index contributed by atoms with van der Waals surface area (Å²) in [5.74, 6) is -0.863. The van der Waals surface area contributed by atoms with E-state index in [1.807, 2.05) is 146 Å². The zero-order valence-corrected chi connectivity index (χ0v) is 29.7. The Morgan fingerprint density at radius 1 is 0.491 bits per heavy atom. The average molecular weight is 704 g/mol. The highest BCUT2D eigenvalue weighted by atomic mass is 16.5. The van der Waals surface area contributed by atoms with Gasteiger partial charge in [0.05, 0.1) is 26.3 Å². The zero-order chi connectivity index (χ0) is 36.8. The van der Waals surface area contributed by atoms with Crippen molar-refractivity contribution in [2.24, 2.45) is 5.73 Å². The van der Waals surface area contributed by atoms with Gasteiger partial charge in [-0.2, -0.15) is 0 Å². The third-order valence-corrected chi connectivity index (χ3v) is 9.33. The standard InChI is InChI=1S/C46H45N3O4/c47-43(50)36-49(32-34-53-46(40-25-13-4-14-26-40,41-27-15-5-16-28-41)42-29-17-6-18-30-42)44(51)35-48-31-33-52-45(37-19-7-1-8-20-37,38-21-9-2-10-22-38)39-23-11-3-12-24-39/h1-30,48H,31-36H2,(H2,47,50). The molecule has 268 valence electrons. The number of hydrogen-bond acceptors (Lipinski definition) is 5. The van der Waals surface area contributed by atoms with Crippen molar-refractivity contribution in [3.63, 3.8) is 0 Å². The molecule has 0 atom stereocenters. The Morgan fingerprint density at radius 2 is 0.792 bits per heavy atom. The molecule has 0 aliphatic rings. The topological polar surface area (TPSA) is 93.9 Å². The summed E-state index contributed by atoms with van der Waals surface area (Å²) in [6, 6.07) is 60.6. The fraction of sp³-hybridized carbons (Fsp3) is 0.174. The third kappa shape index (κ3) is 8.62. The highest BCUT2D eigenvalue weighted by Crippen LogP contribution is 2.41. The van der Waals surface area contributed by atoms with Crippen molar-refractivity contribution in [3.05, 3.63) is 215 Å². The number of amides is 2. The van der Waals surface area contributed by atoms with Crippen LogP contribution >= 0.6 is 0 Å². The number of nitrogens with two attached hydrogens (primary N) is 1. The molecular weight excluding hydrogens is 659 g/mol. The van der Waals surface area contributed by atoms with Crippen LogP contribution in [0.5, 0.6) is 0 Å². The molecule has 7 nitrogen and oxygen atoms in total. The monoisotopic (exact) mass is 703 g/mol. The van der Waals surface area contributed by atoms with Crippen molar-refractivity contribution in [3.8, 4) is 0 Å². The van der Waals surface area contributed by atoms with E-state index in [1.54, 1.807) is 0 Å². The second kappa shape index (κ2) is 18.1. The lowest BCUT2D eigenvalue weighted by molar-refractivity contribution is -0.135. The maximum absolute atomic E-state index is 13.6. The summed E-state index contributed by atoms with van der Waals surface area (Å²) in [4.78, 5) is 27.3. The number of primary amides is 1. The van der Waals surface area contributed by atoms with E-state index in [4.69, 9.17) is 15.2 Å². The summed E-state index contributed by atoms with van der Waals surface area (Å²) in [6.07, 6.45) is 0. The number of nitrogens with zero attached hydrogens (tertiary/aromatic N) is 1. The summed E-state index contributed by atoms with van der Waals surface area (Å²) in [6.45, 7) is 0.766. The molecule has 6 aromatic rings. The molecule has 0 saturated heterocycles. The Morgan fingerprint density at radius 3 is 1.09 bits per heavy atom. The number of nitrogens with one attached hydrogen (secondary N) is 1. The summed E-state index contributed by atoms with van der Waals surface area (Å²) < 4.78 is 13.7. The van der Waals surface area contributed by atoms with E-state index in [2.05, 4.69) is 41.7 Å². The van der Waals surface area contributed by atoms with Crippen LogP contribution in [0.15, 0.2) is 182 Å².